The molecule has 1 fully saturated rings. The highest BCUT2D eigenvalue weighted by molar-refractivity contribution is 6.00. The summed E-state index contributed by atoms with van der Waals surface area (Å²) in [5.41, 5.74) is 3.58. The van der Waals surface area contributed by atoms with Gasteiger partial charge in [-0.3, -0.25) is 15.0 Å². The molecule has 6 heteroatoms. The van der Waals surface area contributed by atoms with Gasteiger partial charge in [0.2, 0.25) is 0 Å². The maximum atomic E-state index is 12.5. The van der Waals surface area contributed by atoms with Gasteiger partial charge >= 0.3 is 6.03 Å². The Labute approximate surface area is 141 Å². The molecule has 1 N–H and O–H groups in total. The van der Waals surface area contributed by atoms with E-state index in [-0.39, 0.29) is 11.4 Å². The van der Waals surface area contributed by atoms with Gasteiger partial charge in [0.05, 0.1) is 11.9 Å². The molecule has 1 aromatic carbocycles. The van der Waals surface area contributed by atoms with Crippen LogP contribution in [0.3, 0.4) is 0 Å². The summed E-state index contributed by atoms with van der Waals surface area (Å²) in [4.78, 5) is 19.1. The number of urea groups is 1. The van der Waals surface area contributed by atoms with E-state index in [0.717, 1.165) is 31.6 Å². The van der Waals surface area contributed by atoms with Gasteiger partial charge in [0, 0.05) is 37.3 Å². The lowest BCUT2D eigenvalue weighted by molar-refractivity contribution is 0.186. The van der Waals surface area contributed by atoms with Crippen molar-refractivity contribution >= 4 is 23.2 Å². The number of nitrogens with one attached hydrogen (secondary N) is 1. The Morgan fingerprint density at radius 2 is 1.96 bits per heavy atom. The molecule has 0 radical (unpaired) electrons. The highest BCUT2D eigenvalue weighted by Crippen LogP contribution is 2.46. The van der Waals surface area contributed by atoms with Crippen LogP contribution in [-0.4, -0.2) is 39.5 Å². The van der Waals surface area contributed by atoms with Crippen LogP contribution in [-0.2, 0) is 12.5 Å². The van der Waals surface area contributed by atoms with Crippen molar-refractivity contribution in [1.82, 2.24) is 14.7 Å². The predicted octanol–water partition coefficient (Wildman–Crippen LogP) is 3.09. The summed E-state index contributed by atoms with van der Waals surface area (Å²) in [7, 11) is 1.82. The average Bonchev–Trinajstić information content (AvgIpc) is 3.11. The van der Waals surface area contributed by atoms with Gasteiger partial charge in [-0.1, -0.05) is 18.2 Å². The number of hydrogen-bond donors (Lipinski definition) is 1. The third kappa shape index (κ3) is 2.21. The van der Waals surface area contributed by atoms with Crippen LogP contribution in [0, 0.1) is 0 Å². The van der Waals surface area contributed by atoms with Crippen LogP contribution in [0.5, 0.6) is 0 Å². The zero-order valence-corrected chi connectivity index (χ0v) is 14.0. The minimum Gasteiger partial charge on any atom is -0.324 e. The molecule has 0 aliphatic carbocycles. The number of aryl methyl sites for hydroxylation is 1. The van der Waals surface area contributed by atoms with Crippen LogP contribution in [0.1, 0.15) is 25.3 Å². The van der Waals surface area contributed by atoms with Crippen molar-refractivity contribution in [3.8, 4) is 0 Å². The predicted molar refractivity (Wildman–Crippen MR) is 93.9 cm³/mol. The number of carbonyl (C=O) groups is 1. The number of benzene rings is 1. The summed E-state index contributed by atoms with van der Waals surface area (Å²) in [5, 5.41) is 7.00. The molecule has 2 aliphatic rings. The van der Waals surface area contributed by atoms with E-state index in [1.54, 1.807) is 16.9 Å². The Bertz CT molecular complexity index is 814. The minimum atomic E-state index is -0.0608. The van der Waals surface area contributed by atoms with Crippen molar-refractivity contribution in [3.63, 3.8) is 0 Å². The molecule has 1 saturated heterocycles. The molecule has 1 aromatic heterocycles. The Morgan fingerprint density at radius 1 is 1.21 bits per heavy atom. The number of anilines is 1. The summed E-state index contributed by atoms with van der Waals surface area (Å²) < 4.78 is 1.66. The average molecular weight is 323 g/mol. The third-order valence-corrected chi connectivity index (χ3v) is 5.36. The monoisotopic (exact) mass is 323 g/mol. The molecule has 0 bridgehead atoms. The maximum absolute atomic E-state index is 12.5. The molecule has 24 heavy (non-hydrogen) atoms. The van der Waals surface area contributed by atoms with Gasteiger partial charge in [-0.15, -0.1) is 0 Å². The molecule has 0 atom stereocenters. The summed E-state index contributed by atoms with van der Waals surface area (Å²) >= 11 is 0. The fourth-order valence-electron chi connectivity index (χ4n) is 3.87. The molecule has 0 unspecified atom stereocenters. The molecular formula is C18H21N5O. The van der Waals surface area contributed by atoms with Crippen molar-refractivity contribution in [2.75, 3.05) is 18.4 Å². The van der Waals surface area contributed by atoms with Gasteiger partial charge in [0.1, 0.15) is 5.82 Å². The number of likely N-dealkylation sites (tertiary alicyclic amines) is 1. The molecular weight excluding hydrogens is 302 g/mol. The van der Waals surface area contributed by atoms with Crippen molar-refractivity contribution in [3.05, 3.63) is 42.1 Å². The first kappa shape index (κ1) is 14.9. The standard InChI is InChI=1S/C18H21N5O/c1-13-18(14-5-3-4-6-15(14)20-13)8-11-23(12-9-18)17(24)21-16-7-10-19-22(16)2/h3-7,10H,8-9,11-12H2,1-2H3,(H,21,24). The van der Waals surface area contributed by atoms with Gasteiger partial charge < -0.3 is 4.90 Å². The van der Waals surface area contributed by atoms with Gasteiger partial charge in [0.25, 0.3) is 0 Å². The molecule has 3 heterocycles. The minimum absolute atomic E-state index is 0.0000968. The molecule has 4 rings (SSSR count). The SMILES string of the molecule is CC1=Nc2ccccc2C12CCN(C(=O)Nc1ccnn1C)CC2. The van der Waals surface area contributed by atoms with E-state index in [9.17, 15) is 4.79 Å². The lowest BCUT2D eigenvalue weighted by atomic mass is 9.71. The van der Waals surface area contributed by atoms with E-state index >= 15 is 0 Å². The van der Waals surface area contributed by atoms with Crippen molar-refractivity contribution < 1.29 is 4.79 Å². The molecule has 0 saturated carbocycles. The molecule has 1 spiro atoms. The molecule has 2 amide bonds. The zero-order chi connectivity index (χ0) is 16.7. The number of hydrogen-bond acceptors (Lipinski definition) is 3. The first-order valence-corrected chi connectivity index (χ1v) is 8.29. The van der Waals surface area contributed by atoms with Gasteiger partial charge in [-0.25, -0.2) is 4.79 Å². The van der Waals surface area contributed by atoms with E-state index in [1.807, 2.05) is 18.0 Å². The number of piperidine rings is 1. The van der Waals surface area contributed by atoms with E-state index < -0.39 is 0 Å². The highest BCUT2D eigenvalue weighted by atomic mass is 16.2. The number of para-hydroxylation sites is 1. The number of rotatable bonds is 1. The Kier molecular flexibility index (Phi) is 3.40. The maximum Gasteiger partial charge on any atom is 0.323 e. The van der Waals surface area contributed by atoms with E-state index in [1.165, 1.54) is 11.3 Å². The lowest BCUT2D eigenvalue weighted by Crippen LogP contribution is -2.48. The topological polar surface area (TPSA) is 62.5 Å². The van der Waals surface area contributed by atoms with Crippen molar-refractivity contribution in [1.29, 1.82) is 0 Å². The van der Waals surface area contributed by atoms with Crippen LogP contribution in [0.15, 0.2) is 41.5 Å². The van der Waals surface area contributed by atoms with Crippen LogP contribution in [0.2, 0.25) is 0 Å². The summed E-state index contributed by atoms with van der Waals surface area (Å²) in [6.45, 7) is 3.57. The van der Waals surface area contributed by atoms with Crippen LogP contribution >= 0.6 is 0 Å². The molecule has 6 nitrogen and oxygen atoms in total. The van der Waals surface area contributed by atoms with Crippen molar-refractivity contribution in [2.24, 2.45) is 12.0 Å². The van der Waals surface area contributed by atoms with Crippen LogP contribution < -0.4 is 5.32 Å². The number of nitrogens with zero attached hydrogens (tertiary/aromatic N) is 4. The Balaban J connectivity index is 1.49. The number of carbonyl (C=O) groups excluding carboxylic acids is 1. The Morgan fingerprint density at radius 3 is 2.67 bits per heavy atom. The number of fused-ring (bicyclic) bond motifs is 2. The summed E-state index contributed by atoms with van der Waals surface area (Å²) in [6.07, 6.45) is 3.51. The number of aliphatic imine (C=N–C) groups is 1. The normalized spacial score (nSPS) is 18.4. The quantitative estimate of drug-likeness (QED) is 0.876. The first-order chi connectivity index (χ1) is 11.6. The molecule has 124 valence electrons. The lowest BCUT2D eigenvalue weighted by Gasteiger charge is -2.40. The first-order valence-electron chi connectivity index (χ1n) is 8.29. The van der Waals surface area contributed by atoms with E-state index in [4.69, 9.17) is 4.99 Å². The second kappa shape index (κ2) is 5.47. The fourth-order valence-corrected chi connectivity index (χ4v) is 3.87. The largest absolute Gasteiger partial charge is 0.324 e. The van der Waals surface area contributed by atoms with Crippen LogP contribution in [0.4, 0.5) is 16.3 Å². The summed E-state index contributed by atoms with van der Waals surface area (Å²) in [6, 6.07) is 10.1. The second-order valence-corrected chi connectivity index (χ2v) is 6.55. The van der Waals surface area contributed by atoms with Gasteiger partial charge in [-0.2, -0.15) is 5.10 Å². The van der Waals surface area contributed by atoms with Crippen molar-refractivity contribution in [2.45, 2.75) is 25.2 Å². The van der Waals surface area contributed by atoms with Gasteiger partial charge in [-0.05, 0) is 31.4 Å². The Hall–Kier alpha value is -2.63. The number of aromatic nitrogens is 2. The van der Waals surface area contributed by atoms with E-state index in [0.29, 0.717) is 5.82 Å². The van der Waals surface area contributed by atoms with Gasteiger partial charge in [0.15, 0.2) is 0 Å². The molecule has 2 aromatic rings. The smallest absolute Gasteiger partial charge is 0.323 e. The zero-order valence-electron chi connectivity index (χ0n) is 14.0. The van der Waals surface area contributed by atoms with E-state index in [2.05, 4.69) is 35.5 Å². The third-order valence-electron chi connectivity index (χ3n) is 5.36. The summed E-state index contributed by atoms with van der Waals surface area (Å²) in [5.74, 6) is 0.712. The fraction of sp³-hybridized carbons (Fsp3) is 0.389. The molecule has 2 aliphatic heterocycles. The number of amides is 2. The highest BCUT2D eigenvalue weighted by Gasteiger charge is 2.44. The van der Waals surface area contributed by atoms with Crippen LogP contribution in [0.25, 0.3) is 0 Å². The second-order valence-electron chi connectivity index (χ2n) is 6.55.